The zero-order valence-corrected chi connectivity index (χ0v) is 13.5. The Morgan fingerprint density at radius 3 is 2.74 bits per heavy atom. The summed E-state index contributed by atoms with van der Waals surface area (Å²) in [7, 11) is 0. The van der Waals surface area contributed by atoms with E-state index in [2.05, 4.69) is 20.6 Å². The Morgan fingerprint density at radius 1 is 1.26 bits per heavy atom. The summed E-state index contributed by atoms with van der Waals surface area (Å²) in [5, 5.41) is 5.87. The van der Waals surface area contributed by atoms with Crippen LogP contribution >= 0.6 is 0 Å². The fourth-order valence-corrected chi connectivity index (χ4v) is 1.89. The zero-order chi connectivity index (χ0) is 16.8. The van der Waals surface area contributed by atoms with Crippen molar-refractivity contribution in [3.05, 3.63) is 47.8 Å². The molecule has 1 amide bonds. The maximum absolute atomic E-state index is 12.1. The third-order valence-electron chi connectivity index (χ3n) is 3.40. The van der Waals surface area contributed by atoms with Crippen molar-refractivity contribution >= 4 is 23.3 Å². The topological polar surface area (TPSA) is 84.0 Å². The number of rotatable bonds is 6. The van der Waals surface area contributed by atoms with Gasteiger partial charge in [0.05, 0.1) is 0 Å². The molecule has 6 heteroatoms. The lowest BCUT2D eigenvalue weighted by atomic mass is 10.1. The van der Waals surface area contributed by atoms with Crippen LogP contribution in [0.1, 0.15) is 48.0 Å². The Hall–Kier alpha value is -2.76. The standard InChI is InChI=1S/C17H20N4O2/c1-4-11(2)19-16(23)15-8-9-18-17(21-15)20-14-7-5-6-13(10-14)12(3)22/h5-11H,4H2,1-3H3,(H,19,23)(H,18,20,21). The largest absolute Gasteiger partial charge is 0.348 e. The van der Waals surface area contributed by atoms with Crippen LogP contribution in [0.25, 0.3) is 0 Å². The molecule has 0 aliphatic carbocycles. The lowest BCUT2D eigenvalue weighted by molar-refractivity contribution is 0.0933. The Bertz CT molecular complexity index is 715. The summed E-state index contributed by atoms with van der Waals surface area (Å²) in [6.45, 7) is 5.45. The first-order chi connectivity index (χ1) is 11.0. The van der Waals surface area contributed by atoms with Gasteiger partial charge in [-0.1, -0.05) is 19.1 Å². The van der Waals surface area contributed by atoms with Crippen molar-refractivity contribution in [2.45, 2.75) is 33.2 Å². The average molecular weight is 312 g/mol. The van der Waals surface area contributed by atoms with Gasteiger partial charge < -0.3 is 10.6 Å². The van der Waals surface area contributed by atoms with Crippen molar-refractivity contribution < 1.29 is 9.59 Å². The van der Waals surface area contributed by atoms with Crippen molar-refractivity contribution in [1.82, 2.24) is 15.3 Å². The summed E-state index contributed by atoms with van der Waals surface area (Å²) in [6, 6.07) is 8.69. The highest BCUT2D eigenvalue weighted by Gasteiger charge is 2.11. The molecule has 0 aliphatic heterocycles. The molecule has 120 valence electrons. The molecule has 1 atom stereocenters. The fraction of sp³-hybridized carbons (Fsp3) is 0.294. The van der Waals surface area contributed by atoms with Gasteiger partial charge in [0.15, 0.2) is 5.78 Å². The molecular weight excluding hydrogens is 292 g/mol. The molecule has 2 aromatic rings. The molecule has 0 aliphatic rings. The van der Waals surface area contributed by atoms with Crippen LogP contribution < -0.4 is 10.6 Å². The van der Waals surface area contributed by atoms with Gasteiger partial charge in [-0.25, -0.2) is 9.97 Å². The molecule has 1 heterocycles. The maximum atomic E-state index is 12.1. The van der Waals surface area contributed by atoms with Crippen LogP contribution in [-0.2, 0) is 0 Å². The number of hydrogen-bond acceptors (Lipinski definition) is 5. The van der Waals surface area contributed by atoms with E-state index in [0.717, 1.165) is 6.42 Å². The molecule has 0 radical (unpaired) electrons. The molecule has 2 rings (SSSR count). The second-order valence-corrected chi connectivity index (χ2v) is 5.31. The van der Waals surface area contributed by atoms with Crippen LogP contribution in [0.4, 0.5) is 11.6 Å². The van der Waals surface area contributed by atoms with Gasteiger partial charge in [-0.3, -0.25) is 9.59 Å². The Labute approximate surface area is 135 Å². The number of aromatic nitrogens is 2. The van der Waals surface area contributed by atoms with E-state index in [0.29, 0.717) is 22.9 Å². The SMILES string of the molecule is CCC(C)NC(=O)c1ccnc(Nc2cccc(C(C)=O)c2)n1. The van der Waals surface area contributed by atoms with Crippen molar-refractivity contribution in [2.75, 3.05) is 5.32 Å². The summed E-state index contributed by atoms with van der Waals surface area (Å²) >= 11 is 0. The highest BCUT2D eigenvalue weighted by Crippen LogP contribution is 2.15. The number of nitrogens with zero attached hydrogens (tertiary/aromatic N) is 2. The predicted molar refractivity (Wildman–Crippen MR) is 89.0 cm³/mol. The minimum atomic E-state index is -0.234. The van der Waals surface area contributed by atoms with Crippen LogP contribution in [0.3, 0.4) is 0 Å². The van der Waals surface area contributed by atoms with Gasteiger partial charge in [0.1, 0.15) is 5.69 Å². The van der Waals surface area contributed by atoms with Crippen LogP contribution in [0, 0.1) is 0 Å². The lowest BCUT2D eigenvalue weighted by Gasteiger charge is -2.11. The first-order valence-corrected chi connectivity index (χ1v) is 7.51. The lowest BCUT2D eigenvalue weighted by Crippen LogP contribution is -2.32. The summed E-state index contributed by atoms with van der Waals surface area (Å²) in [6.07, 6.45) is 2.37. The molecule has 0 spiro atoms. The number of carbonyl (C=O) groups excluding carboxylic acids is 2. The molecular formula is C17H20N4O2. The Kier molecular flexibility index (Phi) is 5.41. The fourth-order valence-electron chi connectivity index (χ4n) is 1.89. The molecule has 23 heavy (non-hydrogen) atoms. The monoisotopic (exact) mass is 312 g/mol. The summed E-state index contributed by atoms with van der Waals surface area (Å²) in [5.41, 5.74) is 1.59. The number of carbonyl (C=O) groups is 2. The molecule has 0 fully saturated rings. The van der Waals surface area contributed by atoms with E-state index in [4.69, 9.17) is 0 Å². The van der Waals surface area contributed by atoms with Crippen LogP contribution in [0.15, 0.2) is 36.5 Å². The summed E-state index contributed by atoms with van der Waals surface area (Å²) < 4.78 is 0. The quantitative estimate of drug-likeness (QED) is 0.801. The Balaban J connectivity index is 2.15. The van der Waals surface area contributed by atoms with Gasteiger partial charge in [0.25, 0.3) is 5.91 Å². The van der Waals surface area contributed by atoms with E-state index in [9.17, 15) is 9.59 Å². The van der Waals surface area contributed by atoms with Crippen molar-refractivity contribution in [1.29, 1.82) is 0 Å². The number of ketones is 1. The predicted octanol–water partition coefficient (Wildman–Crippen LogP) is 2.95. The van der Waals surface area contributed by atoms with E-state index in [-0.39, 0.29) is 17.7 Å². The number of nitrogens with one attached hydrogen (secondary N) is 2. The number of anilines is 2. The van der Waals surface area contributed by atoms with Gasteiger partial charge in [0, 0.05) is 23.5 Å². The molecule has 0 bridgehead atoms. The molecule has 6 nitrogen and oxygen atoms in total. The average Bonchev–Trinajstić information content (AvgIpc) is 2.55. The molecule has 1 aromatic carbocycles. The smallest absolute Gasteiger partial charge is 0.270 e. The maximum Gasteiger partial charge on any atom is 0.270 e. The molecule has 1 aromatic heterocycles. The van der Waals surface area contributed by atoms with E-state index in [1.54, 1.807) is 24.3 Å². The number of benzene rings is 1. The van der Waals surface area contributed by atoms with Gasteiger partial charge in [0.2, 0.25) is 5.95 Å². The second-order valence-electron chi connectivity index (χ2n) is 5.31. The van der Waals surface area contributed by atoms with Gasteiger partial charge in [-0.15, -0.1) is 0 Å². The minimum Gasteiger partial charge on any atom is -0.348 e. The third kappa shape index (κ3) is 4.60. The van der Waals surface area contributed by atoms with E-state index in [1.807, 2.05) is 19.9 Å². The molecule has 1 unspecified atom stereocenters. The first kappa shape index (κ1) is 16.6. The molecule has 0 saturated heterocycles. The first-order valence-electron chi connectivity index (χ1n) is 7.51. The van der Waals surface area contributed by atoms with Gasteiger partial charge >= 0.3 is 0 Å². The highest BCUT2D eigenvalue weighted by atomic mass is 16.2. The number of hydrogen-bond donors (Lipinski definition) is 2. The van der Waals surface area contributed by atoms with Crippen molar-refractivity contribution in [3.63, 3.8) is 0 Å². The van der Waals surface area contributed by atoms with E-state index >= 15 is 0 Å². The van der Waals surface area contributed by atoms with E-state index < -0.39 is 0 Å². The highest BCUT2D eigenvalue weighted by molar-refractivity contribution is 5.95. The van der Waals surface area contributed by atoms with Crippen LogP contribution in [0.5, 0.6) is 0 Å². The third-order valence-corrected chi connectivity index (χ3v) is 3.40. The number of Topliss-reactive ketones (excluding diaryl/α,β-unsaturated/α-hetero) is 1. The minimum absolute atomic E-state index is 0.0174. The van der Waals surface area contributed by atoms with Crippen molar-refractivity contribution in [3.8, 4) is 0 Å². The Morgan fingerprint density at radius 2 is 2.04 bits per heavy atom. The summed E-state index contributed by atoms with van der Waals surface area (Å²) in [5.74, 6) is 0.0565. The number of amides is 1. The van der Waals surface area contributed by atoms with Gasteiger partial charge in [-0.2, -0.15) is 0 Å². The molecule has 0 saturated carbocycles. The van der Waals surface area contributed by atoms with Crippen molar-refractivity contribution in [2.24, 2.45) is 0 Å². The van der Waals surface area contributed by atoms with Crippen LogP contribution in [0.2, 0.25) is 0 Å². The summed E-state index contributed by atoms with van der Waals surface area (Å²) in [4.78, 5) is 31.8. The van der Waals surface area contributed by atoms with Crippen LogP contribution in [-0.4, -0.2) is 27.7 Å². The van der Waals surface area contributed by atoms with Gasteiger partial charge in [-0.05, 0) is 38.5 Å². The van der Waals surface area contributed by atoms with E-state index in [1.165, 1.54) is 13.1 Å². The second kappa shape index (κ2) is 7.49. The normalized spacial score (nSPS) is 11.6. The zero-order valence-electron chi connectivity index (χ0n) is 13.5. The molecule has 2 N–H and O–H groups in total.